The first-order valence-corrected chi connectivity index (χ1v) is 9.05. The zero-order valence-corrected chi connectivity index (χ0v) is 15.7. The third-order valence-electron chi connectivity index (χ3n) is 6.18. The lowest BCUT2D eigenvalue weighted by Gasteiger charge is -2.44. The maximum absolute atomic E-state index is 13.1. The normalized spacial score (nSPS) is 30.7. The molecule has 2 saturated carbocycles. The molecule has 0 spiro atoms. The number of carbonyl (C=O) groups is 3. The summed E-state index contributed by atoms with van der Waals surface area (Å²) >= 11 is 0. The lowest BCUT2D eigenvalue weighted by Crippen LogP contribution is -2.46. The molecule has 0 aromatic carbocycles. The number of fused-ring (bicyclic) bond motifs is 1. The molecule has 0 aromatic heterocycles. The summed E-state index contributed by atoms with van der Waals surface area (Å²) in [6.07, 6.45) is 2.90. The summed E-state index contributed by atoms with van der Waals surface area (Å²) in [5, 5.41) is 9.11. The second-order valence-corrected chi connectivity index (χ2v) is 7.61. The Kier molecular flexibility index (Phi) is 6.22. The number of hydrogen-bond acceptors (Lipinski definition) is 6. The fourth-order valence-electron chi connectivity index (χ4n) is 5.05. The fourth-order valence-corrected chi connectivity index (χ4v) is 5.05. The van der Waals surface area contributed by atoms with E-state index < -0.39 is 23.3 Å². The highest BCUT2D eigenvalue weighted by molar-refractivity contribution is 5.95. The van der Waals surface area contributed by atoms with Crippen LogP contribution in [-0.2, 0) is 23.9 Å². The number of methoxy groups -OCH3 is 2. The van der Waals surface area contributed by atoms with Crippen LogP contribution in [0.2, 0.25) is 0 Å². The number of nitrogens with zero attached hydrogens (tertiary/aromatic N) is 1. The molecule has 0 bridgehead atoms. The van der Waals surface area contributed by atoms with E-state index in [1.165, 1.54) is 14.2 Å². The Hall–Kier alpha value is -2.16. The van der Waals surface area contributed by atoms with Crippen molar-refractivity contribution in [3.8, 4) is 6.07 Å². The minimum absolute atomic E-state index is 0.112. The number of ether oxygens (including phenoxy) is 2. The molecule has 142 valence electrons. The largest absolute Gasteiger partial charge is 0.468 e. The van der Waals surface area contributed by atoms with E-state index in [9.17, 15) is 14.4 Å². The van der Waals surface area contributed by atoms with Crippen molar-refractivity contribution < 1.29 is 23.9 Å². The Morgan fingerprint density at radius 3 is 2.46 bits per heavy atom. The number of hydrogen-bond donors (Lipinski definition) is 0. The van der Waals surface area contributed by atoms with Crippen molar-refractivity contribution in [2.75, 3.05) is 14.2 Å². The second kappa shape index (κ2) is 8.03. The predicted molar refractivity (Wildman–Crippen MR) is 93.6 cm³/mol. The molecule has 0 aliphatic heterocycles. The van der Waals surface area contributed by atoms with Gasteiger partial charge in [0.1, 0.15) is 5.78 Å². The van der Waals surface area contributed by atoms with Gasteiger partial charge in [-0.25, -0.2) is 0 Å². The van der Waals surface area contributed by atoms with E-state index >= 15 is 0 Å². The fraction of sp³-hybridized carbons (Fsp3) is 0.700. The Morgan fingerprint density at radius 2 is 1.92 bits per heavy atom. The summed E-state index contributed by atoms with van der Waals surface area (Å²) in [6.45, 7) is 6.22. The minimum Gasteiger partial charge on any atom is -0.468 e. The van der Waals surface area contributed by atoms with Gasteiger partial charge in [-0.05, 0) is 43.4 Å². The first kappa shape index (κ1) is 20.2. The highest BCUT2D eigenvalue weighted by Gasteiger charge is 2.59. The van der Waals surface area contributed by atoms with Crippen LogP contribution in [0.4, 0.5) is 0 Å². The molecular weight excluding hydrogens is 334 g/mol. The summed E-state index contributed by atoms with van der Waals surface area (Å²) < 4.78 is 9.54. The molecule has 0 aromatic rings. The van der Waals surface area contributed by atoms with E-state index in [0.29, 0.717) is 25.2 Å². The molecule has 2 fully saturated rings. The standard InChI is InChI=1S/C20H27NO5/c1-12-8-14-10-13(2)16(11-15(18(23)25-3)19(24)26-4)20(14,6-5-7-21)17(22)9-12/h12,14-16H,2,5-6,8-11H2,1,3-4H3/t12-,14+,16-,20+/m1/s1. The quantitative estimate of drug-likeness (QED) is 0.410. The van der Waals surface area contributed by atoms with E-state index in [1.807, 2.05) is 0 Å². The molecular formula is C20H27NO5. The van der Waals surface area contributed by atoms with Gasteiger partial charge in [-0.2, -0.15) is 5.26 Å². The molecule has 2 rings (SSSR count). The number of esters is 2. The van der Waals surface area contributed by atoms with Crippen molar-refractivity contribution in [1.29, 1.82) is 5.26 Å². The van der Waals surface area contributed by atoms with E-state index in [-0.39, 0.29) is 30.5 Å². The lowest BCUT2D eigenvalue weighted by atomic mass is 9.58. The SMILES string of the molecule is C=C1C[C@@H]2C[C@@H](C)CC(=O)[C@]2(CCC#N)[C@@H]1CC(C(=O)OC)C(=O)OC. The van der Waals surface area contributed by atoms with Crippen molar-refractivity contribution in [2.45, 2.75) is 45.4 Å². The van der Waals surface area contributed by atoms with Crippen molar-refractivity contribution in [3.05, 3.63) is 12.2 Å². The van der Waals surface area contributed by atoms with E-state index in [1.54, 1.807) is 0 Å². The monoisotopic (exact) mass is 361 g/mol. The molecule has 0 radical (unpaired) electrons. The van der Waals surface area contributed by atoms with Crippen LogP contribution in [0.1, 0.15) is 45.4 Å². The molecule has 0 amide bonds. The van der Waals surface area contributed by atoms with Gasteiger partial charge in [-0.15, -0.1) is 0 Å². The summed E-state index contributed by atoms with van der Waals surface area (Å²) in [5.41, 5.74) is 0.174. The van der Waals surface area contributed by atoms with Crippen molar-refractivity contribution in [3.63, 3.8) is 0 Å². The van der Waals surface area contributed by atoms with Crippen molar-refractivity contribution in [2.24, 2.45) is 29.1 Å². The van der Waals surface area contributed by atoms with Crippen LogP contribution < -0.4 is 0 Å². The summed E-state index contributed by atoms with van der Waals surface area (Å²) in [6, 6.07) is 2.15. The summed E-state index contributed by atoms with van der Waals surface area (Å²) in [5.74, 6) is -2.19. The maximum Gasteiger partial charge on any atom is 0.320 e. The third kappa shape index (κ3) is 3.40. The van der Waals surface area contributed by atoms with Gasteiger partial charge < -0.3 is 9.47 Å². The lowest BCUT2D eigenvalue weighted by molar-refractivity contribution is -0.161. The van der Waals surface area contributed by atoms with E-state index in [2.05, 4.69) is 19.6 Å². The van der Waals surface area contributed by atoms with Gasteiger partial charge in [-0.1, -0.05) is 19.1 Å². The van der Waals surface area contributed by atoms with Crippen LogP contribution >= 0.6 is 0 Å². The molecule has 6 heteroatoms. The smallest absolute Gasteiger partial charge is 0.320 e. The molecule has 6 nitrogen and oxygen atoms in total. The zero-order chi connectivity index (χ0) is 19.5. The first-order valence-electron chi connectivity index (χ1n) is 9.05. The predicted octanol–water partition coefficient (Wildman–Crippen LogP) is 2.82. The van der Waals surface area contributed by atoms with Crippen molar-refractivity contribution >= 4 is 17.7 Å². The molecule has 0 unspecified atom stereocenters. The molecule has 26 heavy (non-hydrogen) atoms. The van der Waals surface area contributed by atoms with Crippen LogP contribution in [0.5, 0.6) is 0 Å². The van der Waals surface area contributed by atoms with Gasteiger partial charge in [0.05, 0.1) is 20.3 Å². The van der Waals surface area contributed by atoms with Gasteiger partial charge in [0.25, 0.3) is 0 Å². The van der Waals surface area contributed by atoms with Gasteiger partial charge in [0, 0.05) is 18.3 Å². The van der Waals surface area contributed by atoms with Gasteiger partial charge in [0.15, 0.2) is 5.92 Å². The summed E-state index contributed by atoms with van der Waals surface area (Å²) in [7, 11) is 2.45. The Balaban J connectivity index is 2.42. The van der Waals surface area contributed by atoms with Crippen LogP contribution in [0.15, 0.2) is 12.2 Å². The molecule has 0 N–H and O–H groups in total. The average molecular weight is 361 g/mol. The third-order valence-corrected chi connectivity index (χ3v) is 6.18. The zero-order valence-electron chi connectivity index (χ0n) is 15.7. The van der Waals surface area contributed by atoms with Crippen molar-refractivity contribution in [1.82, 2.24) is 0 Å². The number of ketones is 1. The van der Waals surface area contributed by atoms with Gasteiger partial charge >= 0.3 is 11.9 Å². The number of rotatable bonds is 6. The highest BCUT2D eigenvalue weighted by Crippen LogP contribution is 2.60. The molecule has 2 aliphatic rings. The van der Waals surface area contributed by atoms with Crippen LogP contribution in [-0.4, -0.2) is 31.9 Å². The number of Topliss-reactive ketones (excluding diaryl/α,β-unsaturated/α-hetero) is 1. The highest BCUT2D eigenvalue weighted by atomic mass is 16.5. The van der Waals surface area contributed by atoms with Gasteiger partial charge in [-0.3, -0.25) is 14.4 Å². The second-order valence-electron chi connectivity index (χ2n) is 7.61. The number of carbonyl (C=O) groups excluding carboxylic acids is 3. The number of nitriles is 1. The van der Waals surface area contributed by atoms with Crippen LogP contribution in [0.25, 0.3) is 0 Å². The molecule has 2 aliphatic carbocycles. The van der Waals surface area contributed by atoms with E-state index in [0.717, 1.165) is 12.0 Å². The van der Waals surface area contributed by atoms with Gasteiger partial charge in [0.2, 0.25) is 0 Å². The molecule has 0 heterocycles. The van der Waals surface area contributed by atoms with Crippen LogP contribution in [0, 0.1) is 40.4 Å². The first-order chi connectivity index (χ1) is 12.3. The topological polar surface area (TPSA) is 93.5 Å². The Morgan fingerprint density at radius 1 is 1.31 bits per heavy atom. The van der Waals surface area contributed by atoms with Crippen LogP contribution in [0.3, 0.4) is 0 Å². The Bertz CT molecular complexity index is 633. The van der Waals surface area contributed by atoms with E-state index in [4.69, 9.17) is 14.7 Å². The maximum atomic E-state index is 13.1. The summed E-state index contributed by atoms with van der Waals surface area (Å²) in [4.78, 5) is 37.4. The molecule has 0 saturated heterocycles. The number of allylic oxidation sites excluding steroid dienone is 1. The molecule has 4 atom stereocenters. The average Bonchev–Trinajstić information content (AvgIpc) is 2.88. The Labute approximate surface area is 154 Å². The minimum atomic E-state index is -1.09.